The van der Waals surface area contributed by atoms with Crippen molar-refractivity contribution >= 4 is 11.8 Å². The first-order valence-corrected chi connectivity index (χ1v) is 9.78. The Morgan fingerprint density at radius 3 is 2.32 bits per heavy atom. The Labute approximate surface area is 169 Å². The van der Waals surface area contributed by atoms with Crippen molar-refractivity contribution in [1.82, 2.24) is 10.2 Å². The van der Waals surface area contributed by atoms with Crippen LogP contribution in [0.4, 0.5) is 0 Å². The predicted octanol–water partition coefficient (Wildman–Crippen LogP) is 4.18. The van der Waals surface area contributed by atoms with Crippen molar-refractivity contribution in [2.24, 2.45) is 0 Å². The van der Waals surface area contributed by atoms with Gasteiger partial charge in [-0.15, -0.1) is 0 Å². The molecule has 0 bridgehead atoms. The van der Waals surface area contributed by atoms with Crippen LogP contribution in [0.5, 0.6) is 0 Å². The summed E-state index contributed by atoms with van der Waals surface area (Å²) in [7, 11) is 0. The summed E-state index contributed by atoms with van der Waals surface area (Å²) in [6.45, 7) is 12.1. The second kappa shape index (κ2) is 9.05. The maximum absolute atomic E-state index is 13.2. The SMILES string of the molecule is Cc1cccc(CN(C(=O)Cc2ccccc2C)[C@@H](C)C(=O)NC(C)(C)C)c1. The molecule has 0 unspecified atom stereocenters. The summed E-state index contributed by atoms with van der Waals surface area (Å²) in [4.78, 5) is 27.7. The molecular weight excluding hydrogens is 348 g/mol. The lowest BCUT2D eigenvalue weighted by Crippen LogP contribution is -2.52. The van der Waals surface area contributed by atoms with Crippen LogP contribution < -0.4 is 5.32 Å². The molecule has 2 aromatic rings. The van der Waals surface area contributed by atoms with E-state index in [1.165, 1.54) is 0 Å². The van der Waals surface area contributed by atoms with Crippen LogP contribution >= 0.6 is 0 Å². The maximum Gasteiger partial charge on any atom is 0.242 e. The molecule has 0 aromatic heterocycles. The molecule has 0 aliphatic heterocycles. The molecular formula is C24H32N2O2. The fourth-order valence-electron chi connectivity index (χ4n) is 3.14. The molecule has 28 heavy (non-hydrogen) atoms. The molecule has 0 saturated carbocycles. The van der Waals surface area contributed by atoms with E-state index in [2.05, 4.69) is 11.4 Å². The maximum atomic E-state index is 13.2. The molecule has 0 saturated heterocycles. The van der Waals surface area contributed by atoms with Gasteiger partial charge in [-0.2, -0.15) is 0 Å². The number of carbonyl (C=O) groups excluding carboxylic acids is 2. The Balaban J connectivity index is 2.27. The third kappa shape index (κ3) is 6.22. The standard InChI is InChI=1S/C24H32N2O2/c1-17-10-9-12-20(14-17)16-26(19(3)23(28)25-24(4,5)6)22(27)15-21-13-8-7-11-18(21)2/h7-14,19H,15-16H2,1-6H3,(H,25,28)/t19-/m0/s1. The summed E-state index contributed by atoms with van der Waals surface area (Å²) < 4.78 is 0. The first-order valence-electron chi connectivity index (χ1n) is 9.78. The normalized spacial score (nSPS) is 12.4. The highest BCUT2D eigenvalue weighted by atomic mass is 16.2. The van der Waals surface area contributed by atoms with Crippen LogP contribution in [0.3, 0.4) is 0 Å². The molecule has 150 valence electrons. The summed E-state index contributed by atoms with van der Waals surface area (Å²) in [5.74, 6) is -0.189. The van der Waals surface area contributed by atoms with E-state index in [-0.39, 0.29) is 23.8 Å². The van der Waals surface area contributed by atoms with Gasteiger partial charge in [0.2, 0.25) is 11.8 Å². The molecule has 0 aliphatic carbocycles. The Morgan fingerprint density at radius 1 is 1.04 bits per heavy atom. The lowest BCUT2D eigenvalue weighted by atomic mass is 10.0. The van der Waals surface area contributed by atoms with Gasteiger partial charge in [0.05, 0.1) is 6.42 Å². The number of carbonyl (C=O) groups is 2. The van der Waals surface area contributed by atoms with Crippen molar-refractivity contribution in [3.05, 3.63) is 70.8 Å². The van der Waals surface area contributed by atoms with Crippen LogP contribution in [0.15, 0.2) is 48.5 Å². The van der Waals surface area contributed by atoms with E-state index in [0.29, 0.717) is 6.54 Å². The molecule has 2 aromatic carbocycles. The number of benzene rings is 2. The number of hydrogen-bond donors (Lipinski definition) is 1. The van der Waals surface area contributed by atoms with Crippen LogP contribution in [-0.2, 0) is 22.6 Å². The average molecular weight is 381 g/mol. The van der Waals surface area contributed by atoms with Gasteiger partial charge in [-0.1, -0.05) is 54.1 Å². The van der Waals surface area contributed by atoms with Crippen molar-refractivity contribution in [3.8, 4) is 0 Å². The summed E-state index contributed by atoms with van der Waals surface area (Å²) >= 11 is 0. The number of rotatable bonds is 6. The second-order valence-corrected chi connectivity index (χ2v) is 8.53. The molecule has 1 atom stereocenters. The van der Waals surface area contributed by atoms with Crippen molar-refractivity contribution in [2.45, 2.75) is 66.1 Å². The van der Waals surface area contributed by atoms with Crippen LogP contribution in [0, 0.1) is 13.8 Å². The van der Waals surface area contributed by atoms with Gasteiger partial charge in [0.25, 0.3) is 0 Å². The molecule has 1 N–H and O–H groups in total. The van der Waals surface area contributed by atoms with Gasteiger partial charge in [0.15, 0.2) is 0 Å². The van der Waals surface area contributed by atoms with Crippen molar-refractivity contribution in [1.29, 1.82) is 0 Å². The molecule has 0 spiro atoms. The fourth-order valence-corrected chi connectivity index (χ4v) is 3.14. The minimum atomic E-state index is -0.559. The Hall–Kier alpha value is -2.62. The van der Waals surface area contributed by atoms with Crippen LogP contribution in [0.2, 0.25) is 0 Å². The van der Waals surface area contributed by atoms with E-state index >= 15 is 0 Å². The van der Waals surface area contributed by atoms with E-state index in [4.69, 9.17) is 0 Å². The zero-order valence-electron chi connectivity index (χ0n) is 17.9. The first kappa shape index (κ1) is 21.7. The highest BCUT2D eigenvalue weighted by Gasteiger charge is 2.28. The largest absolute Gasteiger partial charge is 0.350 e. The van der Waals surface area contributed by atoms with E-state index in [1.54, 1.807) is 11.8 Å². The fraction of sp³-hybridized carbons (Fsp3) is 0.417. The van der Waals surface area contributed by atoms with Gasteiger partial charge in [-0.25, -0.2) is 0 Å². The van der Waals surface area contributed by atoms with Gasteiger partial charge < -0.3 is 10.2 Å². The minimum absolute atomic E-state index is 0.0487. The van der Waals surface area contributed by atoms with Crippen LogP contribution in [-0.4, -0.2) is 28.3 Å². The number of hydrogen-bond acceptors (Lipinski definition) is 2. The summed E-state index contributed by atoms with van der Waals surface area (Å²) in [5, 5.41) is 2.99. The van der Waals surface area contributed by atoms with Gasteiger partial charge in [0.1, 0.15) is 6.04 Å². The molecule has 0 heterocycles. The number of nitrogens with zero attached hydrogens (tertiary/aromatic N) is 1. The summed E-state index contributed by atoms with van der Waals surface area (Å²) in [5.41, 5.74) is 3.88. The molecule has 0 fully saturated rings. The Kier molecular flexibility index (Phi) is 7.00. The zero-order chi connectivity index (χ0) is 20.9. The van der Waals surface area contributed by atoms with Crippen LogP contribution in [0.1, 0.15) is 49.9 Å². The van der Waals surface area contributed by atoms with Gasteiger partial charge in [-0.05, 0) is 58.2 Å². The Bertz CT molecular complexity index is 836. The topological polar surface area (TPSA) is 49.4 Å². The summed E-state index contributed by atoms with van der Waals surface area (Å²) in [6, 6.07) is 15.4. The quantitative estimate of drug-likeness (QED) is 0.817. The molecule has 4 nitrogen and oxygen atoms in total. The van der Waals surface area contributed by atoms with Gasteiger partial charge in [0, 0.05) is 12.1 Å². The minimum Gasteiger partial charge on any atom is -0.350 e. The van der Waals surface area contributed by atoms with Crippen molar-refractivity contribution in [3.63, 3.8) is 0 Å². The predicted molar refractivity (Wildman–Crippen MR) is 114 cm³/mol. The summed E-state index contributed by atoms with van der Waals surface area (Å²) in [6.07, 6.45) is 0.283. The third-order valence-electron chi connectivity index (χ3n) is 4.70. The second-order valence-electron chi connectivity index (χ2n) is 8.53. The van der Waals surface area contributed by atoms with Crippen molar-refractivity contribution in [2.75, 3.05) is 0 Å². The molecule has 0 aliphatic rings. The number of amides is 2. The van der Waals surface area contributed by atoms with Gasteiger partial charge in [-0.3, -0.25) is 9.59 Å². The third-order valence-corrected chi connectivity index (χ3v) is 4.70. The zero-order valence-corrected chi connectivity index (χ0v) is 17.9. The molecule has 2 amide bonds. The highest BCUT2D eigenvalue weighted by Crippen LogP contribution is 2.16. The molecule has 4 heteroatoms. The van der Waals surface area contributed by atoms with Crippen molar-refractivity contribution < 1.29 is 9.59 Å². The van der Waals surface area contributed by atoms with E-state index in [0.717, 1.165) is 22.3 Å². The average Bonchev–Trinajstić information content (AvgIpc) is 2.59. The van der Waals surface area contributed by atoms with Gasteiger partial charge >= 0.3 is 0 Å². The Morgan fingerprint density at radius 2 is 1.71 bits per heavy atom. The van der Waals surface area contributed by atoms with E-state index < -0.39 is 6.04 Å². The molecule has 0 radical (unpaired) electrons. The monoisotopic (exact) mass is 380 g/mol. The number of nitrogens with one attached hydrogen (secondary N) is 1. The lowest BCUT2D eigenvalue weighted by molar-refractivity contribution is -0.140. The first-order chi connectivity index (χ1) is 13.1. The van der Waals surface area contributed by atoms with E-state index in [1.807, 2.05) is 77.1 Å². The highest BCUT2D eigenvalue weighted by molar-refractivity contribution is 5.88. The lowest BCUT2D eigenvalue weighted by Gasteiger charge is -2.31. The smallest absolute Gasteiger partial charge is 0.242 e. The molecule has 2 rings (SSSR count). The number of aryl methyl sites for hydroxylation is 2. The van der Waals surface area contributed by atoms with Crippen LogP contribution in [0.25, 0.3) is 0 Å². The van der Waals surface area contributed by atoms with E-state index in [9.17, 15) is 9.59 Å².